The average molecular weight is 520 g/mol. The third kappa shape index (κ3) is 8.08. The molecule has 8 heteroatoms. The summed E-state index contributed by atoms with van der Waals surface area (Å²) in [7, 11) is 5.08. The van der Waals surface area contributed by atoms with Gasteiger partial charge in [-0.15, -0.1) is 24.0 Å². The van der Waals surface area contributed by atoms with E-state index in [4.69, 9.17) is 14.2 Å². The number of likely N-dealkylation sites (tertiary alicyclic amines) is 1. The molecule has 1 heterocycles. The fourth-order valence-corrected chi connectivity index (χ4v) is 3.32. The average Bonchev–Trinajstić information content (AvgIpc) is 3.07. The minimum Gasteiger partial charge on any atom is -0.496 e. The third-order valence-corrected chi connectivity index (χ3v) is 5.12. The van der Waals surface area contributed by atoms with E-state index in [-0.39, 0.29) is 24.0 Å². The molecule has 1 aromatic rings. The van der Waals surface area contributed by atoms with Crippen molar-refractivity contribution >= 4 is 29.9 Å². The first-order valence-electron chi connectivity index (χ1n) is 10.0. The molecule has 0 aromatic heterocycles. The number of rotatable bonds is 9. The summed E-state index contributed by atoms with van der Waals surface area (Å²) in [4.78, 5) is 6.86. The molecule has 0 spiro atoms. The lowest BCUT2D eigenvalue weighted by Gasteiger charge is -2.22. The van der Waals surface area contributed by atoms with Crippen molar-refractivity contribution in [3.63, 3.8) is 0 Å². The van der Waals surface area contributed by atoms with Crippen molar-refractivity contribution in [2.24, 2.45) is 10.9 Å². The first kappa shape index (κ1) is 25.6. The van der Waals surface area contributed by atoms with E-state index < -0.39 is 0 Å². The van der Waals surface area contributed by atoms with Gasteiger partial charge in [0.25, 0.3) is 0 Å². The molecule has 0 amide bonds. The molecular formula is C21H37IN4O3. The Morgan fingerprint density at radius 3 is 2.28 bits per heavy atom. The monoisotopic (exact) mass is 520 g/mol. The Morgan fingerprint density at radius 1 is 1.14 bits per heavy atom. The predicted molar refractivity (Wildman–Crippen MR) is 129 cm³/mol. The topological polar surface area (TPSA) is 67.4 Å². The van der Waals surface area contributed by atoms with E-state index in [0.29, 0.717) is 24.6 Å². The highest BCUT2D eigenvalue weighted by molar-refractivity contribution is 14.0. The largest absolute Gasteiger partial charge is 0.496 e. The van der Waals surface area contributed by atoms with Crippen LogP contribution in [0, 0.1) is 5.92 Å². The molecule has 2 rings (SSSR count). The Kier molecular flexibility index (Phi) is 11.5. The van der Waals surface area contributed by atoms with Gasteiger partial charge in [0.1, 0.15) is 17.2 Å². The maximum Gasteiger partial charge on any atom is 0.191 e. The Hall–Kier alpha value is -1.42. The second-order valence-corrected chi connectivity index (χ2v) is 7.53. The van der Waals surface area contributed by atoms with Crippen LogP contribution in [0.5, 0.6) is 17.2 Å². The van der Waals surface area contributed by atoms with Crippen molar-refractivity contribution < 1.29 is 14.2 Å². The normalized spacial score (nSPS) is 19.6. The van der Waals surface area contributed by atoms with Gasteiger partial charge < -0.3 is 24.8 Å². The van der Waals surface area contributed by atoms with Gasteiger partial charge in [0.2, 0.25) is 0 Å². The highest BCUT2D eigenvalue weighted by Gasteiger charge is 2.31. The summed E-state index contributed by atoms with van der Waals surface area (Å²) in [5.74, 6) is 3.64. The highest BCUT2D eigenvalue weighted by atomic mass is 127. The Labute approximate surface area is 192 Å². The van der Waals surface area contributed by atoms with E-state index in [2.05, 4.69) is 41.3 Å². The second-order valence-electron chi connectivity index (χ2n) is 7.53. The van der Waals surface area contributed by atoms with Crippen molar-refractivity contribution in [3.8, 4) is 17.2 Å². The molecule has 29 heavy (non-hydrogen) atoms. The van der Waals surface area contributed by atoms with Gasteiger partial charge >= 0.3 is 0 Å². The van der Waals surface area contributed by atoms with E-state index in [1.54, 1.807) is 14.2 Å². The van der Waals surface area contributed by atoms with Gasteiger partial charge in [0.05, 0.1) is 20.8 Å². The first-order chi connectivity index (χ1) is 13.5. The third-order valence-electron chi connectivity index (χ3n) is 5.12. The summed E-state index contributed by atoms with van der Waals surface area (Å²) < 4.78 is 16.4. The molecule has 0 aliphatic carbocycles. The minimum atomic E-state index is 0. The molecule has 1 saturated heterocycles. The Morgan fingerprint density at radius 2 is 1.76 bits per heavy atom. The number of nitrogens with zero attached hydrogens (tertiary/aromatic N) is 2. The van der Waals surface area contributed by atoms with Gasteiger partial charge in [0.15, 0.2) is 5.96 Å². The number of halogens is 1. The summed E-state index contributed by atoms with van der Waals surface area (Å²) in [6.07, 6.45) is 0.860. The zero-order chi connectivity index (χ0) is 20.5. The van der Waals surface area contributed by atoms with E-state index in [1.807, 2.05) is 25.2 Å². The van der Waals surface area contributed by atoms with Gasteiger partial charge in [0, 0.05) is 57.0 Å². The van der Waals surface area contributed by atoms with Crippen molar-refractivity contribution in [2.45, 2.75) is 39.3 Å². The molecule has 1 aromatic carbocycles. The number of nitrogens with one attached hydrogen (secondary N) is 2. The minimum absolute atomic E-state index is 0. The summed E-state index contributed by atoms with van der Waals surface area (Å²) in [6, 6.07) is 6.55. The quantitative estimate of drug-likeness (QED) is 0.226. The maximum absolute atomic E-state index is 5.83. The molecule has 2 N–H and O–H groups in total. The van der Waals surface area contributed by atoms with Gasteiger partial charge in [-0.2, -0.15) is 0 Å². The van der Waals surface area contributed by atoms with Crippen molar-refractivity contribution in [2.75, 3.05) is 47.5 Å². The molecule has 0 saturated carbocycles. The van der Waals surface area contributed by atoms with Crippen molar-refractivity contribution in [1.82, 2.24) is 15.5 Å². The zero-order valence-corrected chi connectivity index (χ0v) is 20.9. The highest BCUT2D eigenvalue weighted by Crippen LogP contribution is 2.27. The Bertz CT molecular complexity index is 620. The molecule has 1 aliphatic heterocycles. The maximum atomic E-state index is 5.83. The SMILES string of the molecule is CN=C(NCCCOc1cc(OC)cc(OC)c1)NC1CN(C(C)C)CC1C.I. The van der Waals surface area contributed by atoms with Crippen LogP contribution < -0.4 is 24.8 Å². The molecule has 1 aliphatic rings. The number of benzene rings is 1. The fourth-order valence-electron chi connectivity index (χ4n) is 3.32. The predicted octanol–water partition coefficient (Wildman–Crippen LogP) is 2.98. The number of hydrogen-bond donors (Lipinski definition) is 2. The lowest BCUT2D eigenvalue weighted by Crippen LogP contribution is -2.47. The molecule has 2 unspecified atom stereocenters. The van der Waals surface area contributed by atoms with Crippen molar-refractivity contribution in [3.05, 3.63) is 18.2 Å². The van der Waals surface area contributed by atoms with Crippen LogP contribution >= 0.6 is 24.0 Å². The zero-order valence-electron chi connectivity index (χ0n) is 18.5. The molecule has 2 atom stereocenters. The number of ether oxygens (including phenoxy) is 3. The lowest BCUT2D eigenvalue weighted by atomic mass is 10.1. The van der Waals surface area contributed by atoms with Gasteiger partial charge in [-0.25, -0.2) is 0 Å². The number of guanidine groups is 1. The van der Waals surface area contributed by atoms with Crippen LogP contribution in [-0.4, -0.2) is 70.5 Å². The second kappa shape index (κ2) is 13.0. The lowest BCUT2D eigenvalue weighted by molar-refractivity contribution is 0.265. The summed E-state index contributed by atoms with van der Waals surface area (Å²) in [5, 5.41) is 6.95. The molecule has 1 fully saturated rings. The summed E-state index contributed by atoms with van der Waals surface area (Å²) >= 11 is 0. The number of methoxy groups -OCH3 is 2. The molecule has 0 radical (unpaired) electrons. The van der Waals surface area contributed by atoms with E-state index in [1.165, 1.54) is 0 Å². The van der Waals surface area contributed by atoms with Crippen molar-refractivity contribution in [1.29, 1.82) is 0 Å². The number of aliphatic imine (C=N–C) groups is 1. The van der Waals surface area contributed by atoms with Crippen LogP contribution in [0.25, 0.3) is 0 Å². The molecule has 7 nitrogen and oxygen atoms in total. The van der Waals surface area contributed by atoms with Gasteiger partial charge in [-0.3, -0.25) is 9.89 Å². The molecule has 166 valence electrons. The summed E-state index contributed by atoms with van der Waals surface area (Å²) in [6.45, 7) is 10.4. The smallest absolute Gasteiger partial charge is 0.191 e. The van der Waals surface area contributed by atoms with Crippen LogP contribution in [0.1, 0.15) is 27.2 Å². The Balaban J connectivity index is 0.00000420. The van der Waals surface area contributed by atoms with Crippen LogP contribution in [0.3, 0.4) is 0 Å². The van der Waals surface area contributed by atoms with Crippen LogP contribution in [-0.2, 0) is 0 Å². The van der Waals surface area contributed by atoms with E-state index >= 15 is 0 Å². The molecular weight excluding hydrogens is 483 g/mol. The van der Waals surface area contributed by atoms with E-state index in [0.717, 1.165) is 49.3 Å². The number of hydrogen-bond acceptors (Lipinski definition) is 5. The van der Waals surface area contributed by atoms with Crippen LogP contribution in [0.4, 0.5) is 0 Å². The van der Waals surface area contributed by atoms with Gasteiger partial charge in [-0.1, -0.05) is 6.92 Å². The first-order valence-corrected chi connectivity index (χ1v) is 10.0. The van der Waals surface area contributed by atoms with E-state index in [9.17, 15) is 0 Å². The molecule has 0 bridgehead atoms. The summed E-state index contributed by atoms with van der Waals surface area (Å²) in [5.41, 5.74) is 0. The van der Waals surface area contributed by atoms with Crippen LogP contribution in [0.15, 0.2) is 23.2 Å². The fraction of sp³-hybridized carbons (Fsp3) is 0.667. The standard InChI is InChI=1S/C21H36N4O3.HI/c1-15(2)25-13-16(3)20(14-25)24-21(22-4)23-8-7-9-28-19-11-17(26-5)10-18(12-19)27-6;/h10-12,15-16,20H,7-9,13-14H2,1-6H3,(H2,22,23,24);1H. The van der Waals surface area contributed by atoms with Gasteiger partial charge in [-0.05, 0) is 26.2 Å². The van der Waals surface area contributed by atoms with Crippen LogP contribution in [0.2, 0.25) is 0 Å².